The molecule has 1 N–H and O–H groups in total. The molecule has 0 aliphatic heterocycles. The summed E-state index contributed by atoms with van der Waals surface area (Å²) in [5.41, 5.74) is 0. The summed E-state index contributed by atoms with van der Waals surface area (Å²) in [4.78, 5) is 11.4. The van der Waals surface area contributed by atoms with Crippen molar-refractivity contribution in [2.75, 3.05) is 0 Å². The molecule has 1 amide bonds. The first-order chi connectivity index (χ1) is 5.97. The Hall–Kier alpha value is -0.0500. The van der Waals surface area contributed by atoms with E-state index in [9.17, 15) is 4.79 Å². The maximum Gasteiger partial charge on any atom is 0.233 e. The largest absolute Gasteiger partial charge is 0.353 e. The van der Waals surface area contributed by atoms with Crippen LogP contribution in [0.2, 0.25) is 0 Å². The summed E-state index contributed by atoms with van der Waals surface area (Å²) in [5.74, 6) is 0.737. The molecule has 2 atom stereocenters. The van der Waals surface area contributed by atoms with Crippen molar-refractivity contribution >= 4 is 21.8 Å². The van der Waals surface area contributed by atoms with Gasteiger partial charge in [0.05, 0.1) is 4.83 Å². The highest BCUT2D eigenvalue weighted by Gasteiger charge is 2.14. The Morgan fingerprint density at radius 3 is 2.31 bits per heavy atom. The number of carbonyl (C=O) groups excluding carboxylic acids is 1. The zero-order chi connectivity index (χ0) is 10.4. The van der Waals surface area contributed by atoms with Gasteiger partial charge < -0.3 is 5.32 Å². The van der Waals surface area contributed by atoms with Crippen LogP contribution >= 0.6 is 15.9 Å². The van der Waals surface area contributed by atoms with Crippen LogP contribution in [0.3, 0.4) is 0 Å². The topological polar surface area (TPSA) is 29.1 Å². The Kier molecular flexibility index (Phi) is 6.39. The Morgan fingerprint density at radius 1 is 1.38 bits per heavy atom. The van der Waals surface area contributed by atoms with Crippen LogP contribution in [0.1, 0.15) is 40.5 Å². The number of carbonyl (C=O) groups is 1. The number of hydrogen-bond donors (Lipinski definition) is 1. The van der Waals surface area contributed by atoms with Gasteiger partial charge in [0.15, 0.2) is 0 Å². The molecule has 78 valence electrons. The molecular formula is C10H20BrNO. The van der Waals surface area contributed by atoms with Gasteiger partial charge in [0, 0.05) is 6.04 Å². The van der Waals surface area contributed by atoms with Crippen molar-refractivity contribution in [3.8, 4) is 0 Å². The molecular weight excluding hydrogens is 230 g/mol. The number of alkyl halides is 1. The summed E-state index contributed by atoms with van der Waals surface area (Å²) >= 11 is 3.32. The van der Waals surface area contributed by atoms with Crippen molar-refractivity contribution in [2.24, 2.45) is 5.92 Å². The molecule has 13 heavy (non-hydrogen) atoms. The van der Waals surface area contributed by atoms with E-state index in [-0.39, 0.29) is 16.8 Å². The minimum Gasteiger partial charge on any atom is -0.353 e. The lowest BCUT2D eigenvalue weighted by molar-refractivity contribution is -0.121. The van der Waals surface area contributed by atoms with Gasteiger partial charge in [0.2, 0.25) is 5.91 Å². The highest BCUT2D eigenvalue weighted by molar-refractivity contribution is 9.10. The predicted octanol–water partition coefficient (Wildman–Crippen LogP) is 2.71. The second-order valence-electron chi connectivity index (χ2n) is 3.91. The lowest BCUT2D eigenvalue weighted by Gasteiger charge is -2.17. The molecule has 0 aromatic rings. The summed E-state index contributed by atoms with van der Waals surface area (Å²) in [7, 11) is 0. The fourth-order valence-corrected chi connectivity index (χ4v) is 1.42. The number of hydrogen-bond acceptors (Lipinski definition) is 1. The van der Waals surface area contributed by atoms with Crippen molar-refractivity contribution in [3.05, 3.63) is 0 Å². The van der Waals surface area contributed by atoms with E-state index in [0.717, 1.165) is 12.8 Å². The van der Waals surface area contributed by atoms with E-state index >= 15 is 0 Å². The highest BCUT2D eigenvalue weighted by atomic mass is 79.9. The standard InChI is InChI=1S/C10H20BrNO/c1-5-9(11)10(13)12-8(4)6-7(2)3/h7-9H,5-6H2,1-4H3,(H,12,13). The monoisotopic (exact) mass is 249 g/mol. The number of amides is 1. The molecule has 0 heterocycles. The fraction of sp³-hybridized carbons (Fsp3) is 0.900. The SMILES string of the molecule is CCC(Br)C(=O)NC(C)CC(C)C. The van der Waals surface area contributed by atoms with Crippen molar-refractivity contribution in [2.45, 2.75) is 51.4 Å². The number of nitrogens with one attached hydrogen (secondary N) is 1. The Morgan fingerprint density at radius 2 is 1.92 bits per heavy atom. The van der Waals surface area contributed by atoms with Crippen LogP contribution < -0.4 is 5.32 Å². The number of halogens is 1. The summed E-state index contributed by atoms with van der Waals surface area (Å²) in [6.07, 6.45) is 1.87. The molecule has 0 saturated heterocycles. The smallest absolute Gasteiger partial charge is 0.233 e. The maximum absolute atomic E-state index is 11.4. The van der Waals surface area contributed by atoms with Crippen molar-refractivity contribution in [1.29, 1.82) is 0 Å². The minimum absolute atomic E-state index is 0.0397. The molecule has 2 nitrogen and oxygen atoms in total. The normalized spacial score (nSPS) is 15.5. The van der Waals surface area contributed by atoms with Crippen LogP contribution in [-0.2, 0) is 4.79 Å². The average molecular weight is 250 g/mol. The van der Waals surface area contributed by atoms with Gasteiger partial charge in [0.25, 0.3) is 0 Å². The van der Waals surface area contributed by atoms with Gasteiger partial charge in [-0.3, -0.25) is 4.79 Å². The minimum atomic E-state index is -0.0397. The first-order valence-corrected chi connectivity index (χ1v) is 5.83. The van der Waals surface area contributed by atoms with E-state index < -0.39 is 0 Å². The molecule has 2 unspecified atom stereocenters. The van der Waals surface area contributed by atoms with Gasteiger partial charge in [-0.1, -0.05) is 36.7 Å². The van der Waals surface area contributed by atoms with Gasteiger partial charge >= 0.3 is 0 Å². The van der Waals surface area contributed by atoms with Crippen LogP contribution in [0.25, 0.3) is 0 Å². The van der Waals surface area contributed by atoms with E-state index in [4.69, 9.17) is 0 Å². The van der Waals surface area contributed by atoms with Gasteiger partial charge in [-0.25, -0.2) is 0 Å². The van der Waals surface area contributed by atoms with Crippen molar-refractivity contribution in [3.63, 3.8) is 0 Å². The first-order valence-electron chi connectivity index (χ1n) is 4.91. The van der Waals surface area contributed by atoms with Crippen LogP contribution in [0.15, 0.2) is 0 Å². The molecule has 0 aliphatic carbocycles. The molecule has 0 rings (SSSR count). The molecule has 0 bridgehead atoms. The average Bonchev–Trinajstić information content (AvgIpc) is 2.01. The second kappa shape index (κ2) is 6.41. The predicted molar refractivity (Wildman–Crippen MR) is 60.1 cm³/mol. The van der Waals surface area contributed by atoms with Gasteiger partial charge in [0.1, 0.15) is 0 Å². The lowest BCUT2D eigenvalue weighted by Crippen LogP contribution is -2.38. The summed E-state index contributed by atoms with van der Waals surface area (Å²) < 4.78 is 0. The molecule has 3 heteroatoms. The molecule has 0 fully saturated rings. The van der Waals surface area contributed by atoms with E-state index in [0.29, 0.717) is 5.92 Å². The molecule has 0 aliphatic rings. The molecule has 0 saturated carbocycles. The molecule has 0 radical (unpaired) electrons. The summed E-state index contributed by atoms with van der Waals surface area (Å²) in [6.45, 7) is 8.36. The van der Waals surface area contributed by atoms with E-state index in [1.807, 2.05) is 13.8 Å². The second-order valence-corrected chi connectivity index (χ2v) is 5.02. The quantitative estimate of drug-likeness (QED) is 0.747. The fourth-order valence-electron chi connectivity index (χ4n) is 1.28. The lowest BCUT2D eigenvalue weighted by atomic mass is 10.1. The van der Waals surface area contributed by atoms with Crippen LogP contribution in [0.4, 0.5) is 0 Å². The Balaban J connectivity index is 3.77. The summed E-state index contributed by atoms with van der Waals surface area (Å²) in [6, 6.07) is 0.277. The van der Waals surface area contributed by atoms with E-state index in [2.05, 4.69) is 35.1 Å². The van der Waals surface area contributed by atoms with E-state index in [1.165, 1.54) is 0 Å². The first kappa shape index (κ1) is 12.9. The Labute approximate surface area is 89.6 Å². The molecule has 0 aromatic heterocycles. The van der Waals surface area contributed by atoms with Crippen molar-refractivity contribution < 1.29 is 4.79 Å². The van der Waals surface area contributed by atoms with Gasteiger partial charge in [-0.15, -0.1) is 0 Å². The van der Waals surface area contributed by atoms with Crippen LogP contribution in [0, 0.1) is 5.92 Å². The third kappa shape index (κ3) is 6.08. The van der Waals surface area contributed by atoms with Gasteiger partial charge in [-0.2, -0.15) is 0 Å². The van der Waals surface area contributed by atoms with Crippen LogP contribution in [0.5, 0.6) is 0 Å². The van der Waals surface area contributed by atoms with Crippen molar-refractivity contribution in [1.82, 2.24) is 5.32 Å². The third-order valence-corrected chi connectivity index (χ3v) is 2.92. The van der Waals surface area contributed by atoms with Gasteiger partial charge in [-0.05, 0) is 25.7 Å². The number of rotatable bonds is 5. The third-order valence-electron chi connectivity index (χ3n) is 1.86. The molecule has 0 spiro atoms. The zero-order valence-electron chi connectivity index (χ0n) is 8.93. The maximum atomic E-state index is 11.4. The highest BCUT2D eigenvalue weighted by Crippen LogP contribution is 2.07. The Bertz CT molecular complexity index is 159. The molecule has 0 aromatic carbocycles. The van der Waals surface area contributed by atoms with Crippen LogP contribution in [-0.4, -0.2) is 16.8 Å². The van der Waals surface area contributed by atoms with E-state index in [1.54, 1.807) is 0 Å². The summed E-state index contributed by atoms with van der Waals surface area (Å²) in [5, 5.41) is 2.98. The zero-order valence-corrected chi connectivity index (χ0v) is 10.5.